The average molecular weight is 491 g/mol. The van der Waals surface area contributed by atoms with Crippen molar-refractivity contribution in [3.63, 3.8) is 0 Å². The van der Waals surface area contributed by atoms with Crippen LogP contribution >= 0.6 is 11.3 Å². The largest absolute Gasteiger partial charge is 0.490 e. The zero-order chi connectivity index (χ0) is 24.2. The third-order valence-corrected chi connectivity index (χ3v) is 6.08. The molecule has 9 nitrogen and oxygen atoms in total. The third-order valence-electron chi connectivity index (χ3n) is 5.10. The quantitative estimate of drug-likeness (QED) is 0.704. The van der Waals surface area contributed by atoms with Crippen LogP contribution in [0.3, 0.4) is 0 Å². The molecule has 0 aliphatic carbocycles. The molecule has 0 bridgehead atoms. The highest BCUT2D eigenvalue weighted by Crippen LogP contribution is 2.28. The number of aromatic nitrogens is 2. The van der Waals surface area contributed by atoms with E-state index in [0.717, 1.165) is 25.3 Å². The molecular weight excluding hydrogens is 465 g/mol. The summed E-state index contributed by atoms with van der Waals surface area (Å²) in [5.41, 5.74) is 0.303. The minimum absolute atomic E-state index is 0.0340. The highest BCUT2D eigenvalue weighted by molar-refractivity contribution is 7.11. The molecule has 0 aromatic carbocycles. The van der Waals surface area contributed by atoms with Crippen molar-refractivity contribution >= 4 is 28.9 Å². The van der Waals surface area contributed by atoms with Gasteiger partial charge in [0.1, 0.15) is 12.2 Å². The molecule has 2 saturated heterocycles. The summed E-state index contributed by atoms with van der Waals surface area (Å²) in [6.45, 7) is 6.35. The number of ether oxygens (including phenoxy) is 2. The lowest BCUT2D eigenvalue weighted by Gasteiger charge is -2.42. The SMILES string of the molecule is Cc1ccc(CN2CCOCC3(C2)CN(c2cnn(C)c2)C(=O)CO3)s1.O=C(O)C(F)(F)F. The van der Waals surface area contributed by atoms with Crippen molar-refractivity contribution in [2.45, 2.75) is 25.2 Å². The van der Waals surface area contributed by atoms with Crippen molar-refractivity contribution in [2.75, 3.05) is 44.4 Å². The van der Waals surface area contributed by atoms with E-state index in [-0.39, 0.29) is 12.5 Å². The van der Waals surface area contributed by atoms with E-state index in [2.05, 4.69) is 29.1 Å². The molecule has 2 aliphatic heterocycles. The number of alkyl halides is 3. The van der Waals surface area contributed by atoms with E-state index >= 15 is 0 Å². The number of anilines is 1. The van der Waals surface area contributed by atoms with E-state index in [1.165, 1.54) is 9.75 Å². The second-order valence-electron chi connectivity index (χ2n) is 7.90. The van der Waals surface area contributed by atoms with E-state index in [4.69, 9.17) is 19.4 Å². The summed E-state index contributed by atoms with van der Waals surface area (Å²) in [5.74, 6) is -2.79. The fraction of sp³-hybridized carbons (Fsp3) is 0.550. The van der Waals surface area contributed by atoms with Gasteiger partial charge in [-0.2, -0.15) is 18.3 Å². The van der Waals surface area contributed by atoms with Gasteiger partial charge in [-0.15, -0.1) is 11.3 Å². The molecule has 33 heavy (non-hydrogen) atoms. The molecule has 13 heteroatoms. The van der Waals surface area contributed by atoms with Crippen LogP contribution in [0.2, 0.25) is 0 Å². The molecule has 1 N–H and O–H groups in total. The summed E-state index contributed by atoms with van der Waals surface area (Å²) in [5, 5.41) is 11.3. The first-order valence-corrected chi connectivity index (χ1v) is 10.9. The Balaban J connectivity index is 0.000000383. The molecule has 4 rings (SSSR count). The number of halogens is 3. The van der Waals surface area contributed by atoms with Crippen molar-refractivity contribution in [1.29, 1.82) is 0 Å². The number of thiophene rings is 1. The number of amides is 1. The smallest absolute Gasteiger partial charge is 0.475 e. The van der Waals surface area contributed by atoms with Gasteiger partial charge >= 0.3 is 12.1 Å². The molecule has 2 fully saturated rings. The number of hydrogen-bond acceptors (Lipinski definition) is 7. The second kappa shape index (κ2) is 10.2. The Morgan fingerprint density at radius 2 is 2.06 bits per heavy atom. The Bertz CT molecular complexity index is 979. The van der Waals surface area contributed by atoms with Gasteiger partial charge in [0, 0.05) is 42.6 Å². The van der Waals surface area contributed by atoms with Crippen molar-refractivity contribution in [1.82, 2.24) is 14.7 Å². The predicted molar refractivity (Wildman–Crippen MR) is 113 cm³/mol. The van der Waals surface area contributed by atoms with Gasteiger partial charge in [-0.05, 0) is 19.1 Å². The van der Waals surface area contributed by atoms with Crippen LogP contribution in [0.25, 0.3) is 0 Å². The van der Waals surface area contributed by atoms with Gasteiger partial charge in [0.15, 0.2) is 0 Å². The Morgan fingerprint density at radius 3 is 2.64 bits per heavy atom. The van der Waals surface area contributed by atoms with E-state index in [9.17, 15) is 18.0 Å². The fourth-order valence-electron chi connectivity index (χ4n) is 3.59. The summed E-state index contributed by atoms with van der Waals surface area (Å²) < 4.78 is 45.4. The Hall–Kier alpha value is -2.48. The van der Waals surface area contributed by atoms with Crippen molar-refractivity contribution in [2.24, 2.45) is 7.05 Å². The molecule has 0 radical (unpaired) electrons. The van der Waals surface area contributed by atoms with Crippen LogP contribution in [0.15, 0.2) is 24.5 Å². The van der Waals surface area contributed by atoms with Gasteiger partial charge in [0.25, 0.3) is 5.91 Å². The number of morpholine rings is 1. The molecule has 1 unspecified atom stereocenters. The minimum Gasteiger partial charge on any atom is -0.475 e. The van der Waals surface area contributed by atoms with Crippen LogP contribution in [-0.4, -0.2) is 82.9 Å². The Kier molecular flexibility index (Phi) is 7.77. The molecule has 2 aliphatic rings. The first kappa shape index (κ1) is 25.1. The van der Waals surface area contributed by atoms with Crippen molar-refractivity contribution in [3.8, 4) is 0 Å². The molecule has 1 spiro atoms. The van der Waals surface area contributed by atoms with Crippen molar-refractivity contribution in [3.05, 3.63) is 34.3 Å². The number of aryl methyl sites for hydroxylation is 2. The van der Waals surface area contributed by atoms with Crippen LogP contribution in [0.1, 0.15) is 9.75 Å². The molecule has 1 atom stereocenters. The monoisotopic (exact) mass is 490 g/mol. The van der Waals surface area contributed by atoms with Crippen LogP contribution in [0.5, 0.6) is 0 Å². The van der Waals surface area contributed by atoms with Gasteiger partial charge in [-0.25, -0.2) is 4.79 Å². The Morgan fingerprint density at radius 1 is 1.33 bits per heavy atom. The number of aliphatic carboxylic acids is 1. The lowest BCUT2D eigenvalue weighted by Crippen LogP contribution is -2.60. The summed E-state index contributed by atoms with van der Waals surface area (Å²) in [4.78, 5) is 28.1. The number of carbonyl (C=O) groups is 2. The summed E-state index contributed by atoms with van der Waals surface area (Å²) in [6, 6.07) is 4.34. The maximum atomic E-state index is 12.4. The summed E-state index contributed by atoms with van der Waals surface area (Å²) in [7, 11) is 1.85. The van der Waals surface area contributed by atoms with Gasteiger partial charge in [0.2, 0.25) is 0 Å². The topological polar surface area (TPSA) is 97.1 Å². The zero-order valence-electron chi connectivity index (χ0n) is 18.2. The lowest BCUT2D eigenvalue weighted by molar-refractivity contribution is -0.192. The number of carboxylic acids is 1. The lowest BCUT2D eigenvalue weighted by atomic mass is 10.0. The second-order valence-corrected chi connectivity index (χ2v) is 9.27. The number of carbonyl (C=O) groups excluding carboxylic acids is 1. The number of rotatable bonds is 3. The first-order valence-electron chi connectivity index (χ1n) is 10.1. The molecular formula is C20H25F3N4O5S. The molecule has 182 valence electrons. The number of nitrogens with zero attached hydrogens (tertiary/aromatic N) is 4. The normalized spacial score (nSPS) is 22.1. The van der Waals surface area contributed by atoms with Gasteiger partial charge in [-0.1, -0.05) is 0 Å². The van der Waals surface area contributed by atoms with E-state index < -0.39 is 17.7 Å². The van der Waals surface area contributed by atoms with Gasteiger partial charge < -0.3 is 19.5 Å². The van der Waals surface area contributed by atoms with Crippen LogP contribution in [0, 0.1) is 6.92 Å². The van der Waals surface area contributed by atoms with Crippen LogP contribution in [0.4, 0.5) is 18.9 Å². The first-order chi connectivity index (χ1) is 15.5. The van der Waals surface area contributed by atoms with E-state index in [1.807, 2.05) is 24.6 Å². The van der Waals surface area contributed by atoms with Gasteiger partial charge in [0.05, 0.1) is 31.6 Å². The highest BCUT2D eigenvalue weighted by atomic mass is 32.1. The van der Waals surface area contributed by atoms with Crippen molar-refractivity contribution < 1.29 is 37.3 Å². The number of hydrogen-bond donors (Lipinski definition) is 1. The standard InChI is InChI=1S/C18H24N4O3S.C2HF3O2/c1-14-3-4-16(26-14)9-21-5-6-24-13-18(11-21)12-22(17(23)10-25-18)15-7-19-20(2)8-15;3-2(4,5)1(6)7/h3-4,7-8H,5-6,9-13H2,1-2H3;(H,6,7). The highest BCUT2D eigenvalue weighted by Gasteiger charge is 2.43. The predicted octanol–water partition coefficient (Wildman–Crippen LogP) is 2.06. The summed E-state index contributed by atoms with van der Waals surface area (Å²) in [6.07, 6.45) is -1.50. The third kappa shape index (κ3) is 6.76. The molecule has 2 aromatic rings. The average Bonchev–Trinajstić information content (AvgIpc) is 3.29. The fourth-order valence-corrected chi connectivity index (χ4v) is 4.52. The molecule has 0 saturated carbocycles. The van der Waals surface area contributed by atoms with E-state index in [0.29, 0.717) is 19.8 Å². The zero-order valence-corrected chi connectivity index (χ0v) is 19.0. The molecule has 2 aromatic heterocycles. The van der Waals surface area contributed by atoms with E-state index in [1.54, 1.807) is 15.8 Å². The van der Waals surface area contributed by atoms with Crippen LogP contribution in [-0.2, 0) is 32.7 Å². The maximum absolute atomic E-state index is 12.4. The Labute approximate surface area is 192 Å². The molecule has 1 amide bonds. The number of carboxylic acid groups (broad SMARTS) is 1. The van der Waals surface area contributed by atoms with Gasteiger partial charge in [-0.3, -0.25) is 14.4 Å². The maximum Gasteiger partial charge on any atom is 0.490 e. The molecule has 4 heterocycles. The van der Waals surface area contributed by atoms with Crippen LogP contribution < -0.4 is 4.90 Å². The summed E-state index contributed by atoms with van der Waals surface area (Å²) >= 11 is 1.82. The minimum atomic E-state index is -5.08.